The molecule has 0 aliphatic rings. The summed E-state index contributed by atoms with van der Waals surface area (Å²) in [5, 5.41) is 7.97. The molecule has 0 saturated carbocycles. The van der Waals surface area contributed by atoms with E-state index in [0.29, 0.717) is 24.2 Å². The zero-order chi connectivity index (χ0) is 16.7. The van der Waals surface area contributed by atoms with Gasteiger partial charge >= 0.3 is 6.03 Å². The maximum Gasteiger partial charge on any atom is 0.318 e. The zero-order valence-electron chi connectivity index (χ0n) is 12.7. The maximum atomic E-state index is 12.0. The molecule has 2 aromatic carbocycles. The molecular weight excluding hydrogens is 358 g/mol. The fourth-order valence-corrected chi connectivity index (χ4v) is 2.49. The topological polar surface area (TPSA) is 70.2 Å². The number of urea groups is 1. The lowest BCUT2D eigenvalue weighted by Gasteiger charge is -2.09. The Morgan fingerprint density at radius 1 is 1.00 bits per heavy atom. The fourth-order valence-electron chi connectivity index (χ4n) is 2.04. The lowest BCUT2D eigenvalue weighted by Crippen LogP contribution is -2.24. The van der Waals surface area contributed by atoms with Crippen molar-refractivity contribution in [1.29, 1.82) is 0 Å². The van der Waals surface area contributed by atoms with Crippen LogP contribution in [-0.4, -0.2) is 19.0 Å². The van der Waals surface area contributed by atoms with E-state index in [1.807, 2.05) is 24.3 Å². The van der Waals surface area contributed by atoms with Crippen molar-refractivity contribution in [2.45, 2.75) is 12.8 Å². The SMILES string of the molecule is CNC(=O)Nc1cccc(NC(=O)CCc2cccc(Br)c2)c1. The normalized spacial score (nSPS) is 10.0. The summed E-state index contributed by atoms with van der Waals surface area (Å²) in [5.74, 6) is -0.0675. The molecule has 2 rings (SSSR count). The summed E-state index contributed by atoms with van der Waals surface area (Å²) < 4.78 is 1.00. The molecule has 0 saturated heterocycles. The summed E-state index contributed by atoms with van der Waals surface area (Å²) >= 11 is 3.42. The van der Waals surface area contributed by atoms with Gasteiger partial charge in [-0.25, -0.2) is 4.79 Å². The highest BCUT2D eigenvalue weighted by atomic mass is 79.9. The number of benzene rings is 2. The Morgan fingerprint density at radius 3 is 2.39 bits per heavy atom. The molecule has 3 N–H and O–H groups in total. The smallest absolute Gasteiger partial charge is 0.318 e. The number of rotatable bonds is 5. The van der Waals surface area contributed by atoms with E-state index in [0.717, 1.165) is 10.0 Å². The van der Waals surface area contributed by atoms with E-state index in [1.54, 1.807) is 31.3 Å². The van der Waals surface area contributed by atoms with Crippen molar-refractivity contribution >= 4 is 39.2 Å². The first kappa shape index (κ1) is 17.0. The van der Waals surface area contributed by atoms with E-state index in [2.05, 4.69) is 31.9 Å². The Morgan fingerprint density at radius 2 is 1.70 bits per heavy atom. The van der Waals surface area contributed by atoms with Crippen molar-refractivity contribution in [1.82, 2.24) is 5.32 Å². The van der Waals surface area contributed by atoms with Gasteiger partial charge in [-0.3, -0.25) is 4.79 Å². The minimum atomic E-state index is -0.303. The molecule has 0 aliphatic heterocycles. The van der Waals surface area contributed by atoms with Crippen molar-refractivity contribution in [3.05, 3.63) is 58.6 Å². The first-order valence-corrected chi connectivity index (χ1v) is 7.99. The van der Waals surface area contributed by atoms with Crippen LogP contribution in [0, 0.1) is 0 Å². The van der Waals surface area contributed by atoms with E-state index in [4.69, 9.17) is 0 Å². The summed E-state index contributed by atoms with van der Waals surface area (Å²) in [6.45, 7) is 0. The minimum absolute atomic E-state index is 0.0675. The molecule has 3 amide bonds. The Balaban J connectivity index is 1.90. The molecule has 0 bridgehead atoms. The van der Waals surface area contributed by atoms with Crippen molar-refractivity contribution in [3.63, 3.8) is 0 Å². The summed E-state index contributed by atoms with van der Waals surface area (Å²) in [6.07, 6.45) is 1.06. The highest BCUT2D eigenvalue weighted by Gasteiger charge is 2.05. The number of carbonyl (C=O) groups excluding carboxylic acids is 2. The number of nitrogens with one attached hydrogen (secondary N) is 3. The maximum absolute atomic E-state index is 12.0. The second kappa shape index (κ2) is 8.33. The molecule has 0 fully saturated rings. The van der Waals surface area contributed by atoms with Gasteiger partial charge in [0.05, 0.1) is 0 Å². The number of amides is 3. The number of hydrogen-bond donors (Lipinski definition) is 3. The van der Waals surface area contributed by atoms with Gasteiger partial charge in [0.25, 0.3) is 0 Å². The molecule has 0 spiro atoms. The van der Waals surface area contributed by atoms with Crippen LogP contribution in [0.3, 0.4) is 0 Å². The molecule has 0 unspecified atom stereocenters. The van der Waals surface area contributed by atoms with Crippen LogP contribution in [0.4, 0.5) is 16.2 Å². The van der Waals surface area contributed by atoms with Gasteiger partial charge in [0.15, 0.2) is 0 Å². The van der Waals surface area contributed by atoms with Crippen LogP contribution >= 0.6 is 15.9 Å². The van der Waals surface area contributed by atoms with Crippen LogP contribution < -0.4 is 16.0 Å². The second-order valence-electron chi connectivity index (χ2n) is 4.96. The molecular formula is C17H18BrN3O2. The van der Waals surface area contributed by atoms with Gasteiger partial charge < -0.3 is 16.0 Å². The number of anilines is 2. The monoisotopic (exact) mass is 375 g/mol. The van der Waals surface area contributed by atoms with Gasteiger partial charge in [-0.05, 0) is 42.3 Å². The third kappa shape index (κ3) is 5.75. The predicted octanol–water partition coefficient (Wildman–Crippen LogP) is 3.77. The van der Waals surface area contributed by atoms with Crippen LogP contribution in [0.1, 0.15) is 12.0 Å². The molecule has 0 heterocycles. The summed E-state index contributed by atoms with van der Waals surface area (Å²) in [6, 6.07) is 14.6. The van der Waals surface area contributed by atoms with Crippen LogP contribution in [-0.2, 0) is 11.2 Å². The number of halogens is 1. The summed E-state index contributed by atoms with van der Waals surface area (Å²) in [5.41, 5.74) is 2.37. The molecule has 0 aromatic heterocycles. The van der Waals surface area contributed by atoms with Crippen molar-refractivity contribution in [3.8, 4) is 0 Å². The van der Waals surface area contributed by atoms with Crippen LogP contribution in [0.15, 0.2) is 53.0 Å². The summed E-state index contributed by atoms with van der Waals surface area (Å²) in [4.78, 5) is 23.3. The van der Waals surface area contributed by atoms with Crippen LogP contribution in [0.2, 0.25) is 0 Å². The highest BCUT2D eigenvalue weighted by Crippen LogP contribution is 2.16. The quantitative estimate of drug-likeness (QED) is 0.744. The summed E-state index contributed by atoms with van der Waals surface area (Å²) in [7, 11) is 1.54. The minimum Gasteiger partial charge on any atom is -0.341 e. The van der Waals surface area contributed by atoms with Crippen LogP contribution in [0.25, 0.3) is 0 Å². The van der Waals surface area contributed by atoms with Crippen LogP contribution in [0.5, 0.6) is 0 Å². The molecule has 120 valence electrons. The van der Waals surface area contributed by atoms with Gasteiger partial charge in [0.2, 0.25) is 5.91 Å². The van der Waals surface area contributed by atoms with Crippen molar-refractivity contribution in [2.24, 2.45) is 0 Å². The Bertz CT molecular complexity index is 704. The largest absolute Gasteiger partial charge is 0.341 e. The zero-order valence-corrected chi connectivity index (χ0v) is 14.3. The number of aryl methyl sites for hydroxylation is 1. The van der Waals surface area contributed by atoms with Gasteiger partial charge in [0.1, 0.15) is 0 Å². The lowest BCUT2D eigenvalue weighted by atomic mass is 10.1. The molecule has 5 nitrogen and oxygen atoms in total. The third-order valence-corrected chi connectivity index (χ3v) is 3.65. The standard InChI is InChI=1S/C17H18BrN3O2/c1-19-17(23)21-15-7-3-6-14(11-15)20-16(22)9-8-12-4-2-5-13(18)10-12/h2-7,10-11H,8-9H2,1H3,(H,20,22)(H2,19,21,23). The first-order chi connectivity index (χ1) is 11.1. The average molecular weight is 376 g/mol. The Labute approximate surface area is 143 Å². The third-order valence-electron chi connectivity index (χ3n) is 3.16. The van der Waals surface area contributed by atoms with Crippen molar-refractivity contribution in [2.75, 3.05) is 17.7 Å². The van der Waals surface area contributed by atoms with Gasteiger partial charge in [0, 0.05) is 29.3 Å². The average Bonchev–Trinajstić information content (AvgIpc) is 2.53. The Hall–Kier alpha value is -2.34. The second-order valence-corrected chi connectivity index (χ2v) is 5.88. The predicted molar refractivity (Wildman–Crippen MR) is 95.6 cm³/mol. The molecule has 2 aromatic rings. The van der Waals surface area contributed by atoms with Gasteiger partial charge in [-0.1, -0.05) is 34.1 Å². The van der Waals surface area contributed by atoms with E-state index in [-0.39, 0.29) is 11.9 Å². The van der Waals surface area contributed by atoms with E-state index >= 15 is 0 Å². The van der Waals surface area contributed by atoms with E-state index in [9.17, 15) is 9.59 Å². The first-order valence-electron chi connectivity index (χ1n) is 7.20. The van der Waals surface area contributed by atoms with Crippen molar-refractivity contribution < 1.29 is 9.59 Å². The molecule has 0 aliphatic carbocycles. The highest BCUT2D eigenvalue weighted by molar-refractivity contribution is 9.10. The molecule has 6 heteroatoms. The van der Waals surface area contributed by atoms with E-state index in [1.165, 1.54) is 0 Å². The number of carbonyl (C=O) groups is 2. The fraction of sp³-hybridized carbons (Fsp3) is 0.176. The van der Waals surface area contributed by atoms with E-state index < -0.39 is 0 Å². The van der Waals surface area contributed by atoms with Gasteiger partial charge in [-0.2, -0.15) is 0 Å². The molecule has 23 heavy (non-hydrogen) atoms. The number of hydrogen-bond acceptors (Lipinski definition) is 2. The Kier molecular flexibility index (Phi) is 6.17. The van der Waals surface area contributed by atoms with Gasteiger partial charge in [-0.15, -0.1) is 0 Å². The molecule has 0 atom stereocenters. The molecule has 0 radical (unpaired) electrons. The lowest BCUT2D eigenvalue weighted by molar-refractivity contribution is -0.116.